The second kappa shape index (κ2) is 7.92. The fraction of sp³-hybridized carbons (Fsp3) is 0.450. The summed E-state index contributed by atoms with van der Waals surface area (Å²) in [6, 6.07) is 9.33. The van der Waals surface area contributed by atoms with Crippen LogP contribution in [0.15, 0.2) is 30.3 Å². The molecule has 0 radical (unpaired) electrons. The van der Waals surface area contributed by atoms with Gasteiger partial charge in [-0.05, 0) is 32.9 Å². The highest BCUT2D eigenvalue weighted by atomic mass is 16.6. The summed E-state index contributed by atoms with van der Waals surface area (Å²) in [5.41, 5.74) is 1.71. The third-order valence-corrected chi connectivity index (χ3v) is 4.27. The second-order valence-electron chi connectivity index (χ2n) is 7.68. The number of carboxylic acids is 1. The van der Waals surface area contributed by atoms with Gasteiger partial charge < -0.3 is 19.5 Å². The van der Waals surface area contributed by atoms with Crippen molar-refractivity contribution in [2.75, 3.05) is 6.54 Å². The molecule has 1 amide bonds. The minimum atomic E-state index is -0.963. The van der Waals surface area contributed by atoms with E-state index in [1.165, 1.54) is 4.68 Å². The predicted octanol–water partition coefficient (Wildman–Crippen LogP) is 2.84. The lowest BCUT2D eigenvalue weighted by Gasteiger charge is -2.30. The number of aliphatic carboxylic acids is 1. The van der Waals surface area contributed by atoms with Gasteiger partial charge in [0.25, 0.3) is 0 Å². The Morgan fingerprint density at radius 2 is 1.93 bits per heavy atom. The topological polar surface area (TPSA) is 93.9 Å². The number of carbonyl (C=O) groups is 2. The van der Waals surface area contributed by atoms with Gasteiger partial charge in [0.15, 0.2) is 0 Å². The first-order valence-corrected chi connectivity index (χ1v) is 9.18. The van der Waals surface area contributed by atoms with E-state index in [0.29, 0.717) is 31.0 Å². The molecule has 0 unspecified atom stereocenters. The number of amides is 1. The first-order valence-electron chi connectivity index (χ1n) is 9.18. The highest BCUT2D eigenvalue weighted by Crippen LogP contribution is 2.25. The summed E-state index contributed by atoms with van der Waals surface area (Å²) in [5.74, 6) is -0.265. The second-order valence-corrected chi connectivity index (χ2v) is 7.68. The molecule has 1 aliphatic heterocycles. The van der Waals surface area contributed by atoms with Crippen molar-refractivity contribution in [3.8, 4) is 5.75 Å². The number of carboxylic acid groups (broad SMARTS) is 1. The van der Waals surface area contributed by atoms with Gasteiger partial charge in [-0.3, -0.25) is 9.48 Å². The van der Waals surface area contributed by atoms with Crippen LogP contribution in [-0.4, -0.2) is 44.0 Å². The van der Waals surface area contributed by atoms with Crippen LogP contribution in [0.5, 0.6) is 5.75 Å². The molecule has 150 valence electrons. The van der Waals surface area contributed by atoms with Gasteiger partial charge in [0.2, 0.25) is 0 Å². The number of fused-ring (bicyclic) bond motifs is 1. The summed E-state index contributed by atoms with van der Waals surface area (Å²) in [7, 11) is 0. The van der Waals surface area contributed by atoms with E-state index < -0.39 is 11.6 Å². The van der Waals surface area contributed by atoms with Crippen molar-refractivity contribution in [1.29, 1.82) is 0 Å². The Balaban J connectivity index is 1.82. The molecule has 28 heavy (non-hydrogen) atoms. The number of carbonyl (C=O) groups excluding carboxylic acids is 1. The monoisotopic (exact) mass is 387 g/mol. The van der Waals surface area contributed by atoms with E-state index in [1.807, 2.05) is 51.1 Å². The van der Waals surface area contributed by atoms with E-state index in [9.17, 15) is 14.7 Å². The Kier molecular flexibility index (Phi) is 5.58. The molecule has 0 saturated heterocycles. The molecule has 0 atom stereocenters. The van der Waals surface area contributed by atoms with Gasteiger partial charge in [-0.25, -0.2) is 4.79 Å². The fourth-order valence-corrected chi connectivity index (χ4v) is 3.09. The zero-order valence-corrected chi connectivity index (χ0v) is 16.3. The van der Waals surface area contributed by atoms with Crippen molar-refractivity contribution < 1.29 is 24.2 Å². The average molecular weight is 387 g/mol. The van der Waals surface area contributed by atoms with Gasteiger partial charge >= 0.3 is 12.1 Å². The number of benzene rings is 1. The summed E-state index contributed by atoms with van der Waals surface area (Å²) in [5, 5.41) is 13.6. The van der Waals surface area contributed by atoms with E-state index in [-0.39, 0.29) is 19.2 Å². The molecule has 8 heteroatoms. The van der Waals surface area contributed by atoms with Gasteiger partial charge in [0.05, 0.1) is 6.54 Å². The van der Waals surface area contributed by atoms with Crippen molar-refractivity contribution in [2.45, 2.75) is 52.5 Å². The highest BCUT2D eigenvalue weighted by Gasteiger charge is 2.30. The van der Waals surface area contributed by atoms with E-state index in [1.54, 1.807) is 4.90 Å². The molecule has 3 rings (SSSR count). The van der Waals surface area contributed by atoms with Crippen LogP contribution in [0.2, 0.25) is 0 Å². The number of aromatic nitrogens is 2. The van der Waals surface area contributed by atoms with E-state index in [4.69, 9.17) is 9.47 Å². The van der Waals surface area contributed by atoms with Crippen molar-refractivity contribution >= 4 is 12.1 Å². The number of hydrogen-bond acceptors (Lipinski definition) is 5. The average Bonchev–Trinajstić information content (AvgIpc) is 2.96. The Morgan fingerprint density at radius 3 is 2.57 bits per heavy atom. The molecule has 1 aromatic carbocycles. The van der Waals surface area contributed by atoms with Crippen LogP contribution in [0.1, 0.15) is 37.7 Å². The lowest BCUT2D eigenvalue weighted by atomic mass is 10.1. The Bertz CT molecular complexity index is 855. The van der Waals surface area contributed by atoms with Gasteiger partial charge in [0.1, 0.15) is 30.2 Å². The largest absolute Gasteiger partial charge is 0.487 e. The summed E-state index contributed by atoms with van der Waals surface area (Å²) in [6.45, 7) is 6.21. The quantitative estimate of drug-likeness (QED) is 0.848. The van der Waals surface area contributed by atoms with Crippen molar-refractivity contribution in [2.24, 2.45) is 0 Å². The molecule has 0 bridgehead atoms. The molecule has 1 N–H and O–H groups in total. The Morgan fingerprint density at radius 1 is 1.21 bits per heavy atom. The molecule has 0 aliphatic carbocycles. The van der Waals surface area contributed by atoms with Crippen LogP contribution in [-0.2, 0) is 35.6 Å². The molecule has 2 aromatic rings. The molecule has 0 saturated carbocycles. The first-order chi connectivity index (χ1) is 13.2. The summed E-state index contributed by atoms with van der Waals surface area (Å²) in [6.07, 6.45) is 0.124. The van der Waals surface area contributed by atoms with Crippen LogP contribution in [0, 0.1) is 0 Å². The zero-order valence-electron chi connectivity index (χ0n) is 16.3. The lowest BCUT2D eigenvalue weighted by molar-refractivity contribution is -0.138. The van der Waals surface area contributed by atoms with Crippen LogP contribution in [0.3, 0.4) is 0 Å². The Labute approximate surface area is 163 Å². The van der Waals surface area contributed by atoms with E-state index in [0.717, 1.165) is 11.3 Å². The number of nitrogens with zero attached hydrogens (tertiary/aromatic N) is 3. The molecular weight excluding hydrogens is 362 g/mol. The van der Waals surface area contributed by atoms with Gasteiger partial charge in [-0.2, -0.15) is 5.10 Å². The third kappa shape index (κ3) is 4.82. The standard InChI is InChI=1S/C20H25N3O5/c1-20(2,3)28-19(26)22-10-9-17-15(11-22)16(21-23(17)12-18(24)25)13-27-14-7-5-4-6-8-14/h4-8H,9-13H2,1-3H3,(H,24,25). The van der Waals surface area contributed by atoms with Gasteiger partial charge in [-0.1, -0.05) is 18.2 Å². The smallest absolute Gasteiger partial charge is 0.410 e. The van der Waals surface area contributed by atoms with Crippen molar-refractivity contribution in [3.63, 3.8) is 0 Å². The molecule has 2 heterocycles. The van der Waals surface area contributed by atoms with Crippen LogP contribution < -0.4 is 4.74 Å². The molecule has 1 aliphatic rings. The van der Waals surface area contributed by atoms with Crippen LogP contribution in [0.25, 0.3) is 0 Å². The van der Waals surface area contributed by atoms with Crippen molar-refractivity contribution in [1.82, 2.24) is 14.7 Å². The number of rotatable bonds is 5. The molecule has 0 spiro atoms. The van der Waals surface area contributed by atoms with E-state index in [2.05, 4.69) is 5.10 Å². The molecule has 8 nitrogen and oxygen atoms in total. The summed E-state index contributed by atoms with van der Waals surface area (Å²) >= 11 is 0. The minimum absolute atomic E-state index is 0.196. The number of ether oxygens (including phenoxy) is 2. The normalized spacial score (nSPS) is 13.8. The SMILES string of the molecule is CC(C)(C)OC(=O)N1CCc2c(c(COc3ccccc3)nn2CC(=O)O)C1. The van der Waals surface area contributed by atoms with Gasteiger partial charge in [-0.15, -0.1) is 0 Å². The van der Waals surface area contributed by atoms with Crippen molar-refractivity contribution in [3.05, 3.63) is 47.3 Å². The number of hydrogen-bond donors (Lipinski definition) is 1. The van der Waals surface area contributed by atoms with Crippen LogP contribution >= 0.6 is 0 Å². The van der Waals surface area contributed by atoms with Gasteiger partial charge in [0, 0.05) is 24.2 Å². The molecular formula is C20H25N3O5. The summed E-state index contributed by atoms with van der Waals surface area (Å²) in [4.78, 5) is 25.3. The third-order valence-electron chi connectivity index (χ3n) is 4.27. The zero-order chi connectivity index (χ0) is 20.3. The lowest BCUT2D eigenvalue weighted by Crippen LogP contribution is -2.40. The Hall–Kier alpha value is -3.03. The fourth-order valence-electron chi connectivity index (χ4n) is 3.09. The molecule has 1 aromatic heterocycles. The first kappa shape index (κ1) is 19.7. The maximum absolute atomic E-state index is 12.4. The van der Waals surface area contributed by atoms with Crippen LogP contribution in [0.4, 0.5) is 4.79 Å². The maximum Gasteiger partial charge on any atom is 0.410 e. The molecule has 0 fully saturated rings. The predicted molar refractivity (Wildman–Crippen MR) is 101 cm³/mol. The van der Waals surface area contributed by atoms with E-state index >= 15 is 0 Å². The number of para-hydroxylation sites is 1. The summed E-state index contributed by atoms with van der Waals surface area (Å²) < 4.78 is 12.8. The minimum Gasteiger partial charge on any atom is -0.487 e. The maximum atomic E-state index is 12.4. The highest BCUT2D eigenvalue weighted by molar-refractivity contribution is 5.69.